The summed E-state index contributed by atoms with van der Waals surface area (Å²) in [5.74, 6) is -1.52. The molecular formula is C18H22F3NO4. The predicted molar refractivity (Wildman–Crippen MR) is 86.9 cm³/mol. The Bertz CT molecular complexity index is 624. The van der Waals surface area contributed by atoms with Crippen LogP contribution in [0.2, 0.25) is 0 Å². The van der Waals surface area contributed by atoms with Crippen LogP contribution in [-0.2, 0) is 20.5 Å². The summed E-state index contributed by atoms with van der Waals surface area (Å²) in [5.41, 5.74) is -0.855. The fourth-order valence-electron chi connectivity index (χ4n) is 3.20. The molecule has 8 heteroatoms. The second kappa shape index (κ2) is 8.53. The molecule has 2 rings (SSSR count). The fourth-order valence-corrected chi connectivity index (χ4v) is 3.20. The van der Waals surface area contributed by atoms with Crippen LogP contribution in [0.1, 0.15) is 49.3 Å². The maximum Gasteiger partial charge on any atom is 0.416 e. The van der Waals surface area contributed by atoms with Crippen molar-refractivity contribution in [3.63, 3.8) is 0 Å². The van der Waals surface area contributed by atoms with E-state index in [0.29, 0.717) is 0 Å². The highest BCUT2D eigenvalue weighted by atomic mass is 19.4. The smallest absolute Gasteiger partial charge is 0.416 e. The van der Waals surface area contributed by atoms with Gasteiger partial charge in [0.05, 0.1) is 12.7 Å². The maximum atomic E-state index is 12.6. The topological polar surface area (TPSA) is 75.6 Å². The monoisotopic (exact) mass is 373 g/mol. The van der Waals surface area contributed by atoms with Gasteiger partial charge in [-0.3, -0.25) is 4.79 Å². The van der Waals surface area contributed by atoms with Crippen LogP contribution in [0.15, 0.2) is 24.3 Å². The van der Waals surface area contributed by atoms with Crippen molar-refractivity contribution in [1.29, 1.82) is 0 Å². The minimum absolute atomic E-state index is 0.0164. The van der Waals surface area contributed by atoms with Crippen LogP contribution >= 0.6 is 0 Å². The van der Waals surface area contributed by atoms with Crippen molar-refractivity contribution in [3.05, 3.63) is 35.4 Å². The Kier molecular flexibility index (Phi) is 6.63. The molecule has 5 nitrogen and oxygen atoms in total. The molecule has 1 aromatic carbocycles. The zero-order valence-corrected chi connectivity index (χ0v) is 14.4. The molecule has 2 N–H and O–H groups in total. The van der Waals surface area contributed by atoms with Crippen molar-refractivity contribution in [3.8, 4) is 0 Å². The summed E-state index contributed by atoms with van der Waals surface area (Å²) < 4.78 is 42.5. The first-order valence-electron chi connectivity index (χ1n) is 8.47. The van der Waals surface area contributed by atoms with Gasteiger partial charge in [0.15, 0.2) is 6.10 Å². The Morgan fingerprint density at radius 3 is 2.23 bits per heavy atom. The molecular weight excluding hydrogens is 351 g/mol. The van der Waals surface area contributed by atoms with Crippen LogP contribution in [0.5, 0.6) is 0 Å². The summed E-state index contributed by atoms with van der Waals surface area (Å²) in [6.45, 7) is 0. The van der Waals surface area contributed by atoms with E-state index in [2.05, 4.69) is 5.32 Å². The van der Waals surface area contributed by atoms with Gasteiger partial charge in [0, 0.05) is 0 Å². The highest BCUT2D eigenvalue weighted by Gasteiger charge is 2.34. The molecule has 0 spiro atoms. The number of methoxy groups -OCH3 is 1. The normalized spacial score (nSPS) is 18.0. The molecule has 0 aromatic heterocycles. The van der Waals surface area contributed by atoms with Gasteiger partial charge in [-0.1, -0.05) is 31.4 Å². The van der Waals surface area contributed by atoms with Crippen molar-refractivity contribution in [2.75, 3.05) is 7.11 Å². The fraction of sp³-hybridized carbons (Fsp3) is 0.556. The quantitative estimate of drug-likeness (QED) is 0.778. The number of rotatable bonds is 5. The van der Waals surface area contributed by atoms with Gasteiger partial charge in [-0.25, -0.2) is 4.79 Å². The van der Waals surface area contributed by atoms with Gasteiger partial charge in [0.1, 0.15) is 6.04 Å². The number of ether oxygens (including phenoxy) is 1. The minimum atomic E-state index is -4.50. The second-order valence-electron chi connectivity index (χ2n) is 6.43. The highest BCUT2D eigenvalue weighted by Crippen LogP contribution is 2.30. The van der Waals surface area contributed by atoms with Crippen LogP contribution < -0.4 is 5.32 Å². The molecule has 0 unspecified atom stereocenters. The van der Waals surface area contributed by atoms with Gasteiger partial charge >= 0.3 is 12.1 Å². The Labute approximate surface area is 149 Å². The van der Waals surface area contributed by atoms with Gasteiger partial charge in [-0.05, 0) is 36.5 Å². The Morgan fingerprint density at radius 1 is 1.15 bits per heavy atom. The number of esters is 1. The van der Waals surface area contributed by atoms with E-state index in [0.717, 1.165) is 56.4 Å². The van der Waals surface area contributed by atoms with E-state index in [1.807, 2.05) is 0 Å². The Morgan fingerprint density at radius 2 is 1.73 bits per heavy atom. The second-order valence-corrected chi connectivity index (χ2v) is 6.43. The standard InChI is InChI=1S/C18H22F3NO4/c1-26-17(25)14(11-5-3-2-4-6-11)22-16(24)15(23)12-7-9-13(10-8-12)18(19,20)21/h7-11,14-15,23H,2-6H2,1H3,(H,22,24)/t14-,15-/m1/s1. The summed E-state index contributed by atoms with van der Waals surface area (Å²) in [5, 5.41) is 12.6. The molecule has 144 valence electrons. The summed E-state index contributed by atoms with van der Waals surface area (Å²) in [6.07, 6.45) is -1.71. The SMILES string of the molecule is COC(=O)[C@H](NC(=O)[C@H](O)c1ccc(C(F)(F)F)cc1)C1CCCCC1. The van der Waals surface area contributed by atoms with Crippen LogP contribution in [0.4, 0.5) is 13.2 Å². The van der Waals surface area contributed by atoms with E-state index in [1.54, 1.807) is 0 Å². The number of hydrogen-bond acceptors (Lipinski definition) is 4. The number of aliphatic hydroxyl groups excluding tert-OH is 1. The van der Waals surface area contributed by atoms with E-state index in [9.17, 15) is 27.9 Å². The number of carbonyl (C=O) groups is 2. The predicted octanol–water partition coefficient (Wildman–Crippen LogP) is 2.98. The molecule has 0 aliphatic heterocycles. The van der Waals surface area contributed by atoms with Crippen molar-refractivity contribution < 1.29 is 32.6 Å². The first kappa shape index (κ1) is 20.2. The Hall–Kier alpha value is -2.09. The van der Waals surface area contributed by atoms with Crippen LogP contribution in [0, 0.1) is 5.92 Å². The van der Waals surface area contributed by atoms with Gasteiger partial charge in [-0.2, -0.15) is 13.2 Å². The number of aliphatic hydroxyl groups is 1. The lowest BCUT2D eigenvalue weighted by Crippen LogP contribution is -2.48. The summed E-state index contributed by atoms with van der Waals surface area (Å²) in [4.78, 5) is 24.3. The molecule has 0 saturated heterocycles. The molecule has 1 aliphatic rings. The molecule has 1 saturated carbocycles. The average molecular weight is 373 g/mol. The number of hydrogen-bond donors (Lipinski definition) is 2. The van der Waals surface area contributed by atoms with E-state index in [4.69, 9.17) is 4.74 Å². The van der Waals surface area contributed by atoms with Crippen molar-refractivity contribution in [1.82, 2.24) is 5.32 Å². The van der Waals surface area contributed by atoms with Gasteiger partial charge < -0.3 is 15.2 Å². The molecule has 26 heavy (non-hydrogen) atoms. The minimum Gasteiger partial charge on any atom is -0.467 e. The van der Waals surface area contributed by atoms with Gasteiger partial charge in [0.25, 0.3) is 5.91 Å². The average Bonchev–Trinajstić information content (AvgIpc) is 2.64. The third-order valence-corrected chi connectivity index (χ3v) is 4.68. The lowest BCUT2D eigenvalue weighted by atomic mass is 9.83. The van der Waals surface area contributed by atoms with E-state index in [1.165, 1.54) is 7.11 Å². The molecule has 0 heterocycles. The zero-order valence-electron chi connectivity index (χ0n) is 14.4. The lowest BCUT2D eigenvalue weighted by Gasteiger charge is -2.29. The van der Waals surface area contributed by atoms with Crippen LogP contribution in [0.3, 0.4) is 0 Å². The van der Waals surface area contributed by atoms with Crippen molar-refractivity contribution in [2.45, 2.75) is 50.4 Å². The van der Waals surface area contributed by atoms with E-state index < -0.39 is 35.8 Å². The maximum absolute atomic E-state index is 12.6. The van der Waals surface area contributed by atoms with E-state index >= 15 is 0 Å². The number of carbonyl (C=O) groups excluding carboxylic acids is 2. The molecule has 1 fully saturated rings. The molecule has 1 aliphatic carbocycles. The molecule has 2 atom stereocenters. The number of nitrogens with one attached hydrogen (secondary N) is 1. The van der Waals surface area contributed by atoms with Gasteiger partial charge in [0.2, 0.25) is 0 Å². The summed E-state index contributed by atoms with van der Waals surface area (Å²) >= 11 is 0. The molecule has 0 bridgehead atoms. The van der Waals surface area contributed by atoms with Crippen LogP contribution in [0.25, 0.3) is 0 Å². The van der Waals surface area contributed by atoms with Crippen molar-refractivity contribution >= 4 is 11.9 Å². The summed E-state index contributed by atoms with van der Waals surface area (Å²) in [6, 6.07) is 2.80. The molecule has 1 amide bonds. The zero-order chi connectivity index (χ0) is 19.3. The first-order valence-corrected chi connectivity index (χ1v) is 8.47. The third kappa shape index (κ3) is 4.97. The van der Waals surface area contributed by atoms with E-state index in [-0.39, 0.29) is 11.5 Å². The third-order valence-electron chi connectivity index (χ3n) is 4.68. The van der Waals surface area contributed by atoms with Gasteiger partial charge in [-0.15, -0.1) is 0 Å². The van der Waals surface area contributed by atoms with Crippen LogP contribution in [-0.4, -0.2) is 30.1 Å². The number of alkyl halides is 3. The van der Waals surface area contributed by atoms with Crippen molar-refractivity contribution in [2.24, 2.45) is 5.92 Å². The Balaban J connectivity index is 2.08. The number of halogens is 3. The molecule has 1 aromatic rings. The number of benzene rings is 1. The summed E-state index contributed by atoms with van der Waals surface area (Å²) in [7, 11) is 1.22. The highest BCUT2D eigenvalue weighted by molar-refractivity contribution is 5.87. The lowest BCUT2D eigenvalue weighted by molar-refractivity contribution is -0.148. The molecule has 0 radical (unpaired) electrons. The number of amides is 1. The largest absolute Gasteiger partial charge is 0.467 e. The first-order chi connectivity index (χ1) is 12.2.